The Labute approximate surface area is 104 Å². The van der Waals surface area contributed by atoms with Gasteiger partial charge in [0.05, 0.1) is 11.4 Å². The van der Waals surface area contributed by atoms with Crippen LogP contribution >= 0.6 is 0 Å². The molecule has 0 amide bonds. The van der Waals surface area contributed by atoms with E-state index in [9.17, 15) is 14.7 Å². The van der Waals surface area contributed by atoms with Crippen molar-refractivity contribution in [1.29, 1.82) is 0 Å². The smallest absolute Gasteiger partial charge is 0.274 e. The molecular weight excluding hydrogens is 232 g/mol. The molecule has 0 aliphatic rings. The number of carboxylic acid groups (broad SMARTS) is 1. The van der Waals surface area contributed by atoms with Gasteiger partial charge in [-0.05, 0) is 12.0 Å². The first-order valence-electron chi connectivity index (χ1n) is 5.72. The number of hydrogen-bond acceptors (Lipinski definition) is 4. The standard InChI is InChI=1S/C13H14N2O3/c1-8(2)7-15-12(16)10-6-4-3-5-9(10)11(14-15)13(17)18/h3-6,8H,7H2,1-2H3,(H,17,18)/p-1. The Balaban J connectivity index is 2.79. The summed E-state index contributed by atoms with van der Waals surface area (Å²) in [6.07, 6.45) is 0. The van der Waals surface area contributed by atoms with Crippen LogP contribution in [0.1, 0.15) is 24.3 Å². The minimum Gasteiger partial charge on any atom is -0.543 e. The van der Waals surface area contributed by atoms with E-state index in [0.717, 1.165) is 0 Å². The van der Waals surface area contributed by atoms with Gasteiger partial charge in [-0.15, -0.1) is 0 Å². The highest BCUT2D eigenvalue weighted by molar-refractivity contribution is 6.00. The van der Waals surface area contributed by atoms with Gasteiger partial charge in [-0.25, -0.2) is 4.68 Å². The Kier molecular flexibility index (Phi) is 3.14. The Bertz CT molecular complexity index is 659. The SMILES string of the molecule is CC(C)Cn1nc(C(=O)[O-])c2ccccc2c1=O. The molecule has 1 aromatic carbocycles. The van der Waals surface area contributed by atoms with Crippen LogP contribution in [0.3, 0.4) is 0 Å². The number of aromatic nitrogens is 2. The number of benzene rings is 1. The van der Waals surface area contributed by atoms with Crippen LogP contribution in [0.2, 0.25) is 0 Å². The van der Waals surface area contributed by atoms with E-state index in [2.05, 4.69) is 5.10 Å². The maximum Gasteiger partial charge on any atom is 0.274 e. The zero-order chi connectivity index (χ0) is 13.3. The van der Waals surface area contributed by atoms with E-state index in [4.69, 9.17) is 0 Å². The molecule has 0 aliphatic carbocycles. The summed E-state index contributed by atoms with van der Waals surface area (Å²) in [7, 11) is 0. The molecule has 0 N–H and O–H groups in total. The topological polar surface area (TPSA) is 75.0 Å². The molecule has 0 saturated carbocycles. The van der Waals surface area contributed by atoms with E-state index < -0.39 is 5.97 Å². The summed E-state index contributed by atoms with van der Waals surface area (Å²) >= 11 is 0. The Morgan fingerprint density at radius 1 is 1.33 bits per heavy atom. The number of rotatable bonds is 3. The minimum absolute atomic E-state index is 0.189. The van der Waals surface area contributed by atoms with E-state index in [1.54, 1.807) is 24.3 Å². The van der Waals surface area contributed by atoms with E-state index in [-0.39, 0.29) is 17.2 Å². The van der Waals surface area contributed by atoms with Gasteiger partial charge in [0.15, 0.2) is 0 Å². The summed E-state index contributed by atoms with van der Waals surface area (Å²) < 4.78 is 1.19. The monoisotopic (exact) mass is 245 g/mol. The summed E-state index contributed by atoms with van der Waals surface area (Å²) in [5.74, 6) is -1.17. The highest BCUT2D eigenvalue weighted by atomic mass is 16.4. The molecule has 5 nitrogen and oxygen atoms in total. The quantitative estimate of drug-likeness (QED) is 0.785. The van der Waals surface area contributed by atoms with Crippen molar-refractivity contribution in [2.75, 3.05) is 0 Å². The lowest BCUT2D eigenvalue weighted by molar-refractivity contribution is -0.255. The molecule has 0 aliphatic heterocycles. The molecule has 2 rings (SSSR count). The molecule has 94 valence electrons. The van der Waals surface area contributed by atoms with Crippen molar-refractivity contribution in [3.63, 3.8) is 0 Å². The second-order valence-corrected chi connectivity index (χ2v) is 4.56. The molecule has 1 heterocycles. The third-order valence-corrected chi connectivity index (χ3v) is 2.60. The van der Waals surface area contributed by atoms with Gasteiger partial charge in [0.25, 0.3) is 5.56 Å². The molecule has 0 radical (unpaired) electrons. The molecule has 0 spiro atoms. The highest BCUT2D eigenvalue weighted by Gasteiger charge is 2.11. The number of nitrogens with zero attached hydrogens (tertiary/aromatic N) is 2. The fourth-order valence-electron chi connectivity index (χ4n) is 1.86. The summed E-state index contributed by atoms with van der Waals surface area (Å²) in [6, 6.07) is 6.53. The van der Waals surface area contributed by atoms with Gasteiger partial charge in [-0.1, -0.05) is 32.0 Å². The molecule has 0 atom stereocenters. The Hall–Kier alpha value is -2.17. The third-order valence-electron chi connectivity index (χ3n) is 2.60. The maximum atomic E-state index is 12.1. The molecule has 0 saturated heterocycles. The van der Waals surface area contributed by atoms with Crippen molar-refractivity contribution in [3.8, 4) is 0 Å². The first-order valence-corrected chi connectivity index (χ1v) is 5.72. The van der Waals surface area contributed by atoms with Crippen molar-refractivity contribution in [3.05, 3.63) is 40.3 Å². The van der Waals surface area contributed by atoms with Crippen LogP contribution in [-0.2, 0) is 6.54 Å². The molecular formula is C13H13N2O3-. The van der Waals surface area contributed by atoms with Crippen molar-refractivity contribution in [1.82, 2.24) is 9.78 Å². The van der Waals surface area contributed by atoms with Crippen LogP contribution in [0.15, 0.2) is 29.1 Å². The average Bonchev–Trinajstić information content (AvgIpc) is 2.32. The first-order chi connectivity index (χ1) is 8.50. The van der Waals surface area contributed by atoms with Gasteiger partial charge >= 0.3 is 0 Å². The summed E-state index contributed by atoms with van der Waals surface area (Å²) in [5.41, 5.74) is -0.463. The van der Waals surface area contributed by atoms with E-state index in [1.165, 1.54) is 4.68 Å². The number of fused-ring (bicyclic) bond motifs is 1. The van der Waals surface area contributed by atoms with E-state index >= 15 is 0 Å². The average molecular weight is 245 g/mol. The normalized spacial score (nSPS) is 11.1. The highest BCUT2D eigenvalue weighted by Crippen LogP contribution is 2.12. The number of hydrogen-bond donors (Lipinski definition) is 0. The van der Waals surface area contributed by atoms with Gasteiger partial charge in [-0.2, -0.15) is 5.10 Å². The predicted molar refractivity (Wildman–Crippen MR) is 65.2 cm³/mol. The lowest BCUT2D eigenvalue weighted by Gasteiger charge is -2.12. The van der Waals surface area contributed by atoms with Crippen LogP contribution < -0.4 is 10.7 Å². The fourth-order valence-corrected chi connectivity index (χ4v) is 1.86. The van der Waals surface area contributed by atoms with Crippen LogP contribution in [0.5, 0.6) is 0 Å². The summed E-state index contributed by atoms with van der Waals surface area (Å²) in [5, 5.41) is 15.6. The van der Waals surface area contributed by atoms with Gasteiger partial charge in [0.1, 0.15) is 5.69 Å². The molecule has 5 heteroatoms. The minimum atomic E-state index is -1.37. The molecule has 18 heavy (non-hydrogen) atoms. The second kappa shape index (κ2) is 4.60. The van der Waals surface area contributed by atoms with Gasteiger partial charge in [0.2, 0.25) is 0 Å². The largest absolute Gasteiger partial charge is 0.543 e. The van der Waals surface area contributed by atoms with Crippen molar-refractivity contribution in [2.24, 2.45) is 5.92 Å². The predicted octanol–water partition coefficient (Wildman–Crippen LogP) is 0.416. The van der Waals surface area contributed by atoms with Crippen LogP contribution in [0, 0.1) is 5.92 Å². The van der Waals surface area contributed by atoms with Crippen LogP contribution in [0.25, 0.3) is 10.8 Å². The van der Waals surface area contributed by atoms with Crippen molar-refractivity contribution >= 4 is 16.7 Å². The zero-order valence-electron chi connectivity index (χ0n) is 10.2. The summed E-state index contributed by atoms with van der Waals surface area (Å²) in [6.45, 7) is 4.24. The van der Waals surface area contributed by atoms with Crippen LogP contribution in [-0.4, -0.2) is 15.7 Å². The number of aromatic carboxylic acids is 1. The lowest BCUT2D eigenvalue weighted by Crippen LogP contribution is -2.32. The van der Waals surface area contributed by atoms with Crippen molar-refractivity contribution in [2.45, 2.75) is 20.4 Å². The zero-order valence-corrected chi connectivity index (χ0v) is 10.2. The molecule has 0 bridgehead atoms. The van der Waals surface area contributed by atoms with E-state index in [0.29, 0.717) is 17.3 Å². The van der Waals surface area contributed by atoms with Crippen LogP contribution in [0.4, 0.5) is 0 Å². The Morgan fingerprint density at radius 3 is 2.50 bits per heavy atom. The number of carbonyl (C=O) groups excluding carboxylic acids is 1. The molecule has 2 aromatic rings. The Morgan fingerprint density at radius 2 is 1.94 bits per heavy atom. The number of carboxylic acids is 1. The fraction of sp³-hybridized carbons (Fsp3) is 0.308. The second-order valence-electron chi connectivity index (χ2n) is 4.56. The summed E-state index contributed by atoms with van der Waals surface area (Å²) in [4.78, 5) is 23.2. The van der Waals surface area contributed by atoms with Crippen molar-refractivity contribution < 1.29 is 9.90 Å². The number of carbonyl (C=O) groups is 1. The molecule has 1 aromatic heterocycles. The van der Waals surface area contributed by atoms with Gasteiger partial charge in [0, 0.05) is 11.9 Å². The first kappa shape index (κ1) is 12.3. The van der Waals surface area contributed by atoms with E-state index in [1.807, 2.05) is 13.8 Å². The maximum absolute atomic E-state index is 12.1. The van der Waals surface area contributed by atoms with Gasteiger partial charge in [-0.3, -0.25) is 4.79 Å². The lowest BCUT2D eigenvalue weighted by atomic mass is 10.1. The third kappa shape index (κ3) is 2.11. The molecule has 0 fully saturated rings. The van der Waals surface area contributed by atoms with Gasteiger partial charge < -0.3 is 9.90 Å². The molecule has 0 unspecified atom stereocenters.